The van der Waals surface area contributed by atoms with Crippen LogP contribution in [0, 0.1) is 6.92 Å². The Balaban J connectivity index is 1.71. The van der Waals surface area contributed by atoms with Crippen LogP contribution in [-0.4, -0.2) is 17.2 Å². The fraction of sp³-hybridized carbons (Fsp3) is 0.192. The van der Waals surface area contributed by atoms with E-state index in [0.717, 1.165) is 16.7 Å². The Morgan fingerprint density at radius 2 is 1.62 bits per heavy atom. The Bertz CT molecular complexity index is 972. The summed E-state index contributed by atoms with van der Waals surface area (Å²) in [6, 6.07) is 25.8. The fourth-order valence-corrected chi connectivity index (χ4v) is 3.41. The molecule has 29 heavy (non-hydrogen) atoms. The van der Waals surface area contributed by atoms with Crippen molar-refractivity contribution in [3.05, 3.63) is 107 Å². The second-order valence-corrected chi connectivity index (χ2v) is 7.01. The predicted molar refractivity (Wildman–Crippen MR) is 117 cm³/mol. The van der Waals surface area contributed by atoms with E-state index in [4.69, 9.17) is 4.74 Å². The molecule has 3 aromatic rings. The molecule has 3 rings (SSSR count). The van der Waals surface area contributed by atoms with E-state index in [2.05, 4.69) is 25.1 Å². The lowest BCUT2D eigenvalue weighted by molar-refractivity contribution is -0.145. The van der Waals surface area contributed by atoms with Gasteiger partial charge in [-0.2, -0.15) is 0 Å². The smallest absolute Gasteiger partial charge is 0.344 e. The second kappa shape index (κ2) is 9.74. The molecule has 1 N–H and O–H groups in total. The van der Waals surface area contributed by atoms with E-state index < -0.39 is 12.1 Å². The molecule has 0 fully saturated rings. The van der Waals surface area contributed by atoms with Crippen LogP contribution in [0.1, 0.15) is 35.6 Å². The minimum absolute atomic E-state index is 0.421. The van der Waals surface area contributed by atoms with E-state index >= 15 is 0 Å². The summed E-state index contributed by atoms with van der Waals surface area (Å²) in [6.45, 7) is 4.12. The van der Waals surface area contributed by atoms with Gasteiger partial charge in [-0.3, -0.25) is 0 Å². The summed E-state index contributed by atoms with van der Waals surface area (Å²) in [7, 11) is 0. The minimum atomic E-state index is -0.945. The number of benzene rings is 3. The van der Waals surface area contributed by atoms with Gasteiger partial charge in [-0.1, -0.05) is 72.8 Å². The summed E-state index contributed by atoms with van der Waals surface area (Å²) in [5, 5.41) is 9.54. The van der Waals surface area contributed by atoms with Crippen LogP contribution >= 0.6 is 0 Å². The quantitative estimate of drug-likeness (QED) is 0.523. The molecule has 3 aromatic carbocycles. The highest BCUT2D eigenvalue weighted by Gasteiger charge is 2.19. The van der Waals surface area contributed by atoms with E-state index in [1.54, 1.807) is 0 Å². The van der Waals surface area contributed by atoms with Gasteiger partial charge in [-0.15, -0.1) is 0 Å². The van der Waals surface area contributed by atoms with Crippen LogP contribution in [0.3, 0.4) is 0 Å². The van der Waals surface area contributed by atoms with Crippen molar-refractivity contribution in [2.45, 2.75) is 32.8 Å². The van der Waals surface area contributed by atoms with Crippen molar-refractivity contribution in [3.8, 4) is 5.75 Å². The van der Waals surface area contributed by atoms with Gasteiger partial charge in [-0.25, -0.2) is 4.79 Å². The number of hydrogen-bond donors (Lipinski definition) is 1. The van der Waals surface area contributed by atoms with Crippen molar-refractivity contribution in [2.24, 2.45) is 0 Å². The summed E-state index contributed by atoms with van der Waals surface area (Å²) < 4.78 is 5.78. The molecule has 0 spiro atoms. The number of carbonyl (C=O) groups is 1. The van der Waals surface area contributed by atoms with Gasteiger partial charge in [-0.05, 0) is 66.6 Å². The molecular formula is C26H26O3. The zero-order chi connectivity index (χ0) is 20.6. The number of allylic oxidation sites excluding steroid dienone is 1. The van der Waals surface area contributed by atoms with E-state index in [1.807, 2.05) is 73.7 Å². The highest BCUT2D eigenvalue weighted by atomic mass is 16.5. The first-order chi connectivity index (χ1) is 14.1. The maximum absolute atomic E-state index is 11.6. The highest BCUT2D eigenvalue weighted by Crippen LogP contribution is 2.28. The van der Waals surface area contributed by atoms with Crippen molar-refractivity contribution >= 4 is 11.5 Å². The number of carboxylic acid groups (broad SMARTS) is 1. The lowest BCUT2D eigenvalue weighted by Crippen LogP contribution is -2.27. The summed E-state index contributed by atoms with van der Waals surface area (Å²) in [6.07, 6.45) is 2.30. The Kier molecular flexibility index (Phi) is 6.85. The van der Waals surface area contributed by atoms with Crippen molar-refractivity contribution in [1.29, 1.82) is 0 Å². The lowest BCUT2D eigenvalue weighted by Gasteiger charge is -2.16. The maximum atomic E-state index is 11.6. The molecular weight excluding hydrogens is 360 g/mol. The van der Waals surface area contributed by atoms with Gasteiger partial charge in [0.25, 0.3) is 0 Å². The standard InChI is InChI=1S/C26H26O3/c1-3-23(24-12-8-7-9-19(24)2)21-14-16-22(17-15-21)29-25(26(27)28)18-13-20-10-5-4-6-11-20/h3-12,14-17,25H,13,18H2,1-2H3,(H,27,28)/b23-3-/t25-/m0/s1. The van der Waals surface area contributed by atoms with Gasteiger partial charge in [0.1, 0.15) is 5.75 Å². The van der Waals surface area contributed by atoms with Crippen molar-refractivity contribution in [1.82, 2.24) is 0 Å². The van der Waals surface area contributed by atoms with Crippen LogP contribution in [0.2, 0.25) is 0 Å². The topological polar surface area (TPSA) is 46.5 Å². The second-order valence-electron chi connectivity index (χ2n) is 7.01. The molecule has 0 aliphatic rings. The largest absolute Gasteiger partial charge is 0.479 e. The van der Waals surface area contributed by atoms with Crippen LogP contribution in [0.4, 0.5) is 0 Å². The normalized spacial score (nSPS) is 12.4. The summed E-state index contributed by atoms with van der Waals surface area (Å²) in [5.41, 5.74) is 5.73. The number of aryl methyl sites for hydroxylation is 2. The van der Waals surface area contributed by atoms with Gasteiger partial charge >= 0.3 is 5.97 Å². The predicted octanol–water partition coefficient (Wildman–Crippen LogP) is 5.91. The third-order valence-electron chi connectivity index (χ3n) is 4.98. The third-order valence-corrected chi connectivity index (χ3v) is 4.98. The zero-order valence-corrected chi connectivity index (χ0v) is 16.8. The van der Waals surface area contributed by atoms with Crippen LogP contribution < -0.4 is 4.74 Å². The summed E-state index contributed by atoms with van der Waals surface area (Å²) >= 11 is 0. The molecule has 0 aliphatic carbocycles. The van der Waals surface area contributed by atoms with Gasteiger partial charge in [0.2, 0.25) is 0 Å². The fourth-order valence-electron chi connectivity index (χ4n) is 3.41. The molecule has 0 unspecified atom stereocenters. The van der Waals surface area contributed by atoms with Crippen LogP contribution in [0.5, 0.6) is 5.75 Å². The molecule has 148 valence electrons. The first kappa shape index (κ1) is 20.4. The van der Waals surface area contributed by atoms with Gasteiger partial charge in [0.05, 0.1) is 0 Å². The summed E-state index contributed by atoms with van der Waals surface area (Å²) in [5.74, 6) is -0.381. The molecule has 0 saturated carbocycles. The first-order valence-electron chi connectivity index (χ1n) is 9.84. The van der Waals surface area contributed by atoms with Crippen molar-refractivity contribution in [3.63, 3.8) is 0 Å². The molecule has 1 atom stereocenters. The highest BCUT2D eigenvalue weighted by molar-refractivity contribution is 5.81. The van der Waals surface area contributed by atoms with Crippen molar-refractivity contribution in [2.75, 3.05) is 0 Å². The molecule has 0 saturated heterocycles. The number of rotatable bonds is 8. The molecule has 0 amide bonds. The number of carboxylic acids is 1. The summed E-state index contributed by atoms with van der Waals surface area (Å²) in [4.78, 5) is 11.6. The Morgan fingerprint density at radius 1 is 0.966 bits per heavy atom. The number of aliphatic carboxylic acids is 1. The maximum Gasteiger partial charge on any atom is 0.344 e. The molecule has 0 radical (unpaired) electrons. The number of hydrogen-bond acceptors (Lipinski definition) is 2. The zero-order valence-electron chi connectivity index (χ0n) is 16.8. The SMILES string of the molecule is C/C=C(/c1ccc(O[C@@H](CCc2ccccc2)C(=O)O)cc1)c1ccccc1C. The monoisotopic (exact) mass is 386 g/mol. The van der Waals surface area contributed by atoms with Gasteiger partial charge < -0.3 is 9.84 Å². The van der Waals surface area contributed by atoms with Crippen LogP contribution in [0.25, 0.3) is 5.57 Å². The Labute approximate surface area is 172 Å². The molecule has 0 bridgehead atoms. The average Bonchev–Trinajstić information content (AvgIpc) is 2.74. The van der Waals surface area contributed by atoms with Gasteiger partial charge in [0, 0.05) is 0 Å². The molecule has 0 aliphatic heterocycles. The van der Waals surface area contributed by atoms with Crippen LogP contribution in [0.15, 0.2) is 84.9 Å². The number of ether oxygens (including phenoxy) is 1. The Morgan fingerprint density at radius 3 is 2.24 bits per heavy atom. The Hall–Kier alpha value is -3.33. The van der Waals surface area contributed by atoms with E-state index in [-0.39, 0.29) is 0 Å². The van der Waals surface area contributed by atoms with E-state index in [0.29, 0.717) is 18.6 Å². The first-order valence-corrected chi connectivity index (χ1v) is 9.84. The van der Waals surface area contributed by atoms with E-state index in [1.165, 1.54) is 11.1 Å². The van der Waals surface area contributed by atoms with Gasteiger partial charge in [0.15, 0.2) is 6.10 Å². The molecule has 3 nitrogen and oxygen atoms in total. The lowest BCUT2D eigenvalue weighted by atomic mass is 9.94. The average molecular weight is 386 g/mol. The molecule has 0 heterocycles. The third kappa shape index (κ3) is 5.35. The molecule has 0 aromatic heterocycles. The molecule has 3 heteroatoms. The van der Waals surface area contributed by atoms with Crippen molar-refractivity contribution < 1.29 is 14.6 Å². The van der Waals surface area contributed by atoms with E-state index in [9.17, 15) is 9.90 Å². The minimum Gasteiger partial charge on any atom is -0.479 e. The van der Waals surface area contributed by atoms with Crippen LogP contribution in [-0.2, 0) is 11.2 Å².